The molecule has 0 spiro atoms. The summed E-state index contributed by atoms with van der Waals surface area (Å²) in [5.41, 5.74) is 0. The Kier molecular flexibility index (Phi) is 29.3. The minimum atomic E-state index is -4.46. The lowest BCUT2D eigenvalue weighted by molar-refractivity contribution is -0.870. The zero-order valence-electron chi connectivity index (χ0n) is 35.7. The number of aliphatic hydroxyl groups excluding tert-OH is 3. The van der Waals surface area contributed by atoms with E-state index in [1.54, 1.807) is 24.3 Å². The van der Waals surface area contributed by atoms with Gasteiger partial charge in [-0.3, -0.25) is 18.6 Å². The molecule has 56 heavy (non-hydrogen) atoms. The van der Waals surface area contributed by atoms with Crippen LogP contribution in [0.1, 0.15) is 155 Å². The second kappa shape index (κ2) is 31.3. The number of likely N-dealkylation sites (N-methyl/N-ethyl adjacent to an activating group) is 1. The molecule has 1 rings (SSSR count). The number of unbranched alkanes of at least 4 members (excludes halogenated alkanes) is 15. The van der Waals surface area contributed by atoms with Crippen molar-refractivity contribution < 1.29 is 57.4 Å². The maximum Gasteiger partial charge on any atom is 0.472 e. The highest BCUT2D eigenvalue weighted by Crippen LogP contribution is 2.43. The fourth-order valence-corrected chi connectivity index (χ4v) is 7.55. The molecular weight excluding hydrogens is 737 g/mol. The normalized spacial score (nSPS) is 21.1. The molecule has 0 aromatic carbocycles. The molecule has 1 aliphatic rings. The number of nitrogens with zero attached hydrogens (tertiary/aromatic N) is 1. The van der Waals surface area contributed by atoms with Crippen molar-refractivity contribution in [1.29, 1.82) is 0 Å². The number of carbonyl (C=O) groups is 2. The summed E-state index contributed by atoms with van der Waals surface area (Å²) in [5.74, 6) is -1.71. The lowest BCUT2D eigenvalue weighted by atomic mass is 9.89. The molecule has 0 aliphatic heterocycles. The summed E-state index contributed by atoms with van der Waals surface area (Å²) in [6, 6.07) is 0. The smallest absolute Gasteiger partial charge is 0.462 e. The number of hydrogen-bond donors (Lipinski definition) is 4. The molecule has 0 saturated heterocycles. The molecule has 1 unspecified atom stereocenters. The number of ether oxygens (including phenoxy) is 2. The number of carbonyl (C=O) groups excluding carboxylic acids is 2. The summed E-state index contributed by atoms with van der Waals surface area (Å²) in [7, 11) is 1.29. The van der Waals surface area contributed by atoms with E-state index in [2.05, 4.69) is 13.8 Å². The number of rotatable bonds is 35. The molecule has 328 valence electrons. The van der Waals surface area contributed by atoms with Crippen molar-refractivity contribution in [2.24, 2.45) is 11.8 Å². The van der Waals surface area contributed by atoms with Gasteiger partial charge in [-0.25, -0.2) is 4.57 Å². The lowest BCUT2D eigenvalue weighted by Gasteiger charge is -2.24. The standard InChI is InChI=1S/C43H80NO11P/c1-6-8-10-11-12-13-14-15-16-17-18-19-20-22-27-42(48)52-34-37(35-54-56(50,51)53-32-31-44(3,4)5)55-43(49)28-24-23-26-38-39(41(47)33-40(38)46)30-29-36(45)25-21-9-7-2/h23-24,29-30,36-41,45-47H,6-22,25-28,31-35H2,1-5H3/p+1/b24-23-,30-29+/t36-,37-,38+,39-,40+,41-/m1/s1. The predicted molar refractivity (Wildman–Crippen MR) is 222 cm³/mol. The molecule has 1 saturated carbocycles. The van der Waals surface area contributed by atoms with Crippen molar-refractivity contribution >= 4 is 19.8 Å². The van der Waals surface area contributed by atoms with E-state index in [1.807, 2.05) is 21.1 Å². The number of esters is 2. The van der Waals surface area contributed by atoms with Gasteiger partial charge >= 0.3 is 19.8 Å². The molecule has 0 aromatic rings. The fraction of sp³-hybridized carbons (Fsp3) is 0.860. The van der Waals surface area contributed by atoms with Crippen LogP contribution in [0.4, 0.5) is 0 Å². The highest BCUT2D eigenvalue weighted by molar-refractivity contribution is 7.47. The van der Waals surface area contributed by atoms with Crippen LogP contribution in [0.3, 0.4) is 0 Å². The van der Waals surface area contributed by atoms with E-state index in [0.717, 1.165) is 38.5 Å². The molecule has 0 bridgehead atoms. The Morgan fingerprint density at radius 2 is 1.34 bits per heavy atom. The van der Waals surface area contributed by atoms with Crippen molar-refractivity contribution in [3.63, 3.8) is 0 Å². The number of aliphatic hydroxyl groups is 3. The van der Waals surface area contributed by atoms with E-state index in [0.29, 0.717) is 30.3 Å². The Hall–Kier alpha value is -1.63. The van der Waals surface area contributed by atoms with Crippen LogP contribution in [0.15, 0.2) is 24.3 Å². The van der Waals surface area contributed by atoms with Crippen molar-refractivity contribution in [1.82, 2.24) is 0 Å². The third-order valence-corrected chi connectivity index (χ3v) is 11.3. The van der Waals surface area contributed by atoms with Gasteiger partial charge in [0.15, 0.2) is 6.10 Å². The molecule has 0 amide bonds. The molecule has 1 aliphatic carbocycles. The number of quaternary nitrogens is 1. The number of hydrogen-bond acceptors (Lipinski definition) is 10. The van der Waals surface area contributed by atoms with Gasteiger partial charge < -0.3 is 34.2 Å². The van der Waals surface area contributed by atoms with E-state index in [-0.39, 0.29) is 44.3 Å². The van der Waals surface area contributed by atoms with Gasteiger partial charge in [0.05, 0.1) is 52.5 Å². The highest BCUT2D eigenvalue weighted by atomic mass is 31.2. The molecule has 13 heteroatoms. The second-order valence-electron chi connectivity index (χ2n) is 16.7. The van der Waals surface area contributed by atoms with Crippen LogP contribution in [0.25, 0.3) is 0 Å². The maximum atomic E-state index is 12.8. The SMILES string of the molecule is CCCCCCCCCCCCCCCCC(=O)OC[C@H](COP(=O)(O)OCC[N+](C)(C)C)OC(=O)C/C=C\C[C@H]1[C@@H](/C=C/[C@H](O)CCCCC)[C@H](O)C[C@@H]1O. The Morgan fingerprint density at radius 3 is 1.93 bits per heavy atom. The van der Waals surface area contributed by atoms with Crippen LogP contribution in [0.5, 0.6) is 0 Å². The maximum absolute atomic E-state index is 12.8. The minimum absolute atomic E-state index is 0.0242. The summed E-state index contributed by atoms with van der Waals surface area (Å²) >= 11 is 0. The first-order chi connectivity index (χ1) is 26.7. The van der Waals surface area contributed by atoms with E-state index >= 15 is 0 Å². The van der Waals surface area contributed by atoms with Crippen LogP contribution in [0, 0.1) is 11.8 Å². The number of phosphoric acid groups is 1. The van der Waals surface area contributed by atoms with E-state index in [1.165, 1.54) is 64.2 Å². The summed E-state index contributed by atoms with van der Waals surface area (Å²) in [5, 5.41) is 31.4. The van der Waals surface area contributed by atoms with Gasteiger partial charge in [-0.05, 0) is 25.2 Å². The molecule has 0 heterocycles. The molecule has 1 fully saturated rings. The Morgan fingerprint density at radius 1 is 0.768 bits per heavy atom. The predicted octanol–water partition coefficient (Wildman–Crippen LogP) is 8.34. The Balaban J connectivity index is 2.57. The van der Waals surface area contributed by atoms with Gasteiger partial charge in [0, 0.05) is 18.8 Å². The average molecular weight is 819 g/mol. The average Bonchev–Trinajstić information content (AvgIpc) is 3.40. The molecule has 4 N–H and O–H groups in total. The number of allylic oxidation sites excluding steroid dienone is 1. The van der Waals surface area contributed by atoms with Crippen molar-refractivity contribution in [2.45, 2.75) is 180 Å². The molecule has 7 atom stereocenters. The van der Waals surface area contributed by atoms with Crippen molar-refractivity contribution in [3.05, 3.63) is 24.3 Å². The third kappa shape index (κ3) is 27.9. The largest absolute Gasteiger partial charge is 0.472 e. The van der Waals surface area contributed by atoms with Crippen molar-refractivity contribution in [3.8, 4) is 0 Å². The zero-order chi connectivity index (χ0) is 41.7. The Labute approximate surface area is 339 Å². The van der Waals surface area contributed by atoms with Gasteiger partial charge in [-0.15, -0.1) is 0 Å². The van der Waals surface area contributed by atoms with Crippen LogP contribution in [-0.2, 0) is 32.7 Å². The van der Waals surface area contributed by atoms with Crippen molar-refractivity contribution in [2.75, 3.05) is 47.5 Å². The van der Waals surface area contributed by atoms with Gasteiger partial charge in [0.25, 0.3) is 0 Å². The monoisotopic (exact) mass is 819 g/mol. The summed E-state index contributed by atoms with van der Waals surface area (Å²) in [4.78, 5) is 35.6. The topological polar surface area (TPSA) is 169 Å². The van der Waals surface area contributed by atoms with Gasteiger partial charge in [-0.2, -0.15) is 0 Å². The number of phosphoric ester groups is 1. The lowest BCUT2D eigenvalue weighted by Crippen LogP contribution is -2.37. The summed E-state index contributed by atoms with van der Waals surface area (Å²) in [6.45, 7) is 3.94. The van der Waals surface area contributed by atoms with E-state index in [4.69, 9.17) is 18.5 Å². The van der Waals surface area contributed by atoms with Gasteiger partial charge in [0.2, 0.25) is 0 Å². The van der Waals surface area contributed by atoms with Crippen LogP contribution >= 0.6 is 7.82 Å². The molecule has 0 aromatic heterocycles. The summed E-state index contributed by atoms with van der Waals surface area (Å²) < 4.78 is 34.2. The second-order valence-corrected chi connectivity index (χ2v) is 18.2. The minimum Gasteiger partial charge on any atom is -0.462 e. The first-order valence-electron chi connectivity index (χ1n) is 21.8. The van der Waals surface area contributed by atoms with Crippen LogP contribution in [-0.4, -0.2) is 109 Å². The van der Waals surface area contributed by atoms with E-state index < -0.39 is 50.8 Å². The fourth-order valence-electron chi connectivity index (χ4n) is 6.81. The van der Waals surface area contributed by atoms with Gasteiger partial charge in [-0.1, -0.05) is 141 Å². The quantitative estimate of drug-likeness (QED) is 0.0159. The summed E-state index contributed by atoms with van der Waals surface area (Å²) in [6.07, 6.45) is 25.0. The van der Waals surface area contributed by atoms with Crippen LogP contribution < -0.4 is 0 Å². The first kappa shape index (κ1) is 52.4. The van der Waals surface area contributed by atoms with E-state index in [9.17, 15) is 34.4 Å². The highest BCUT2D eigenvalue weighted by Gasteiger charge is 2.39. The first-order valence-corrected chi connectivity index (χ1v) is 23.3. The Bertz CT molecular complexity index is 1130. The van der Waals surface area contributed by atoms with Crippen LogP contribution in [0.2, 0.25) is 0 Å². The molecule has 0 radical (unpaired) electrons. The molecular formula is C43H81NO11P+. The van der Waals surface area contributed by atoms with Gasteiger partial charge in [0.1, 0.15) is 19.8 Å². The zero-order valence-corrected chi connectivity index (χ0v) is 36.6. The third-order valence-electron chi connectivity index (χ3n) is 10.3. The molecule has 12 nitrogen and oxygen atoms in total.